The van der Waals surface area contributed by atoms with E-state index in [1.165, 1.54) is 17.7 Å². The summed E-state index contributed by atoms with van der Waals surface area (Å²) in [6.07, 6.45) is 2.13. The van der Waals surface area contributed by atoms with Gasteiger partial charge in [0.05, 0.1) is 12.0 Å². The Morgan fingerprint density at radius 1 is 1.23 bits per heavy atom. The molecule has 154 valence electrons. The Bertz CT molecular complexity index is 1050. The summed E-state index contributed by atoms with van der Waals surface area (Å²) in [6.45, 7) is 2.15. The Morgan fingerprint density at radius 2 is 2.03 bits per heavy atom. The van der Waals surface area contributed by atoms with Crippen molar-refractivity contribution >= 4 is 28.8 Å². The van der Waals surface area contributed by atoms with Gasteiger partial charge in [-0.1, -0.05) is 49.7 Å². The molecular formula is C24H23FN2O2S. The summed E-state index contributed by atoms with van der Waals surface area (Å²) < 4.78 is 13.6. The molecule has 6 heteroatoms. The molecule has 0 fully saturated rings. The number of hydrogen-bond acceptors (Lipinski definition) is 3. The fourth-order valence-corrected chi connectivity index (χ4v) is 4.66. The van der Waals surface area contributed by atoms with Gasteiger partial charge in [-0.25, -0.2) is 4.39 Å². The van der Waals surface area contributed by atoms with E-state index in [9.17, 15) is 14.0 Å². The maximum Gasteiger partial charge on any atom is 0.228 e. The molecule has 2 unspecified atom stereocenters. The van der Waals surface area contributed by atoms with E-state index in [-0.39, 0.29) is 24.3 Å². The minimum Gasteiger partial charge on any atom is -0.344 e. The number of fused-ring (bicyclic) bond motifs is 1. The number of carbonyl (C=O) groups is 2. The summed E-state index contributed by atoms with van der Waals surface area (Å²) in [4.78, 5) is 26.4. The zero-order valence-electron chi connectivity index (χ0n) is 16.7. The van der Waals surface area contributed by atoms with Gasteiger partial charge in [0.15, 0.2) is 0 Å². The minimum atomic E-state index is -0.656. The van der Waals surface area contributed by atoms with Gasteiger partial charge < -0.3 is 10.6 Å². The van der Waals surface area contributed by atoms with Crippen LogP contribution in [-0.2, 0) is 16.0 Å². The molecule has 2 heterocycles. The highest BCUT2D eigenvalue weighted by atomic mass is 32.1. The van der Waals surface area contributed by atoms with E-state index in [1.807, 2.05) is 29.6 Å². The molecule has 1 aromatic heterocycles. The van der Waals surface area contributed by atoms with Gasteiger partial charge in [0.25, 0.3) is 0 Å². The van der Waals surface area contributed by atoms with Gasteiger partial charge in [0.2, 0.25) is 11.8 Å². The molecule has 0 spiro atoms. The van der Waals surface area contributed by atoms with Crippen LogP contribution in [0.25, 0.3) is 0 Å². The van der Waals surface area contributed by atoms with Gasteiger partial charge in [-0.05, 0) is 46.7 Å². The zero-order chi connectivity index (χ0) is 21.1. The van der Waals surface area contributed by atoms with Crippen LogP contribution in [0.15, 0.2) is 60.0 Å². The molecule has 30 heavy (non-hydrogen) atoms. The molecule has 2 N–H and O–H groups in total. The Morgan fingerprint density at radius 3 is 2.73 bits per heavy atom. The Labute approximate surface area is 179 Å². The molecule has 0 saturated carbocycles. The Balaban J connectivity index is 1.62. The lowest BCUT2D eigenvalue weighted by Crippen LogP contribution is -2.37. The van der Waals surface area contributed by atoms with Gasteiger partial charge in [0, 0.05) is 17.0 Å². The molecule has 4 rings (SSSR count). The van der Waals surface area contributed by atoms with Crippen molar-refractivity contribution in [2.75, 3.05) is 5.32 Å². The second kappa shape index (κ2) is 8.79. The molecular weight excluding hydrogens is 399 g/mol. The fraction of sp³-hybridized carbons (Fsp3) is 0.250. The quantitative estimate of drug-likeness (QED) is 0.576. The summed E-state index contributed by atoms with van der Waals surface area (Å²) in [5.41, 5.74) is 3.25. The first-order chi connectivity index (χ1) is 14.5. The summed E-state index contributed by atoms with van der Waals surface area (Å²) in [6, 6.07) is 16.1. The first-order valence-corrected chi connectivity index (χ1v) is 10.9. The van der Waals surface area contributed by atoms with Crippen LogP contribution in [0.4, 0.5) is 10.1 Å². The van der Waals surface area contributed by atoms with Gasteiger partial charge in [-0.2, -0.15) is 0 Å². The third kappa shape index (κ3) is 4.28. The molecule has 4 nitrogen and oxygen atoms in total. The van der Waals surface area contributed by atoms with Gasteiger partial charge in [0.1, 0.15) is 5.82 Å². The average molecular weight is 423 g/mol. The summed E-state index contributed by atoms with van der Waals surface area (Å²) in [5.74, 6) is -1.63. The van der Waals surface area contributed by atoms with Crippen molar-refractivity contribution in [1.29, 1.82) is 0 Å². The highest BCUT2D eigenvalue weighted by Gasteiger charge is 2.32. The molecule has 1 aliphatic heterocycles. The number of rotatable bonds is 6. The molecule has 2 amide bonds. The topological polar surface area (TPSA) is 58.2 Å². The predicted octanol–water partition coefficient (Wildman–Crippen LogP) is 5.17. The average Bonchev–Trinajstić information content (AvgIpc) is 3.26. The van der Waals surface area contributed by atoms with E-state index in [0.29, 0.717) is 11.3 Å². The molecule has 0 saturated heterocycles. The number of amides is 2. The van der Waals surface area contributed by atoms with E-state index in [4.69, 9.17) is 0 Å². The maximum atomic E-state index is 13.6. The number of thiophene rings is 1. The van der Waals surface area contributed by atoms with Crippen LogP contribution in [0.2, 0.25) is 0 Å². The summed E-state index contributed by atoms with van der Waals surface area (Å²) in [5, 5.41) is 7.77. The minimum absolute atomic E-state index is 0.0388. The van der Waals surface area contributed by atoms with Crippen molar-refractivity contribution < 1.29 is 14.0 Å². The second-order valence-corrected chi connectivity index (χ2v) is 8.46. The summed E-state index contributed by atoms with van der Waals surface area (Å²) in [7, 11) is 0. The van der Waals surface area contributed by atoms with Crippen LogP contribution in [0.3, 0.4) is 0 Å². The lowest BCUT2D eigenvalue weighted by Gasteiger charge is -2.27. The highest BCUT2D eigenvalue weighted by molar-refractivity contribution is 7.10. The van der Waals surface area contributed by atoms with Crippen LogP contribution in [0.1, 0.15) is 53.3 Å². The molecule has 2 atom stereocenters. The standard InChI is InChI=1S/C24H23FN2O2S/c1-2-4-15-6-8-16(9-7-15)23(21-5-3-12-30-21)27-24(29)19-14-22(28)26-20-13-17(25)10-11-18(19)20/h3,5-13,19,23H,2,4,14H2,1H3,(H,26,28)(H,27,29). The Hall–Kier alpha value is -2.99. The van der Waals surface area contributed by atoms with Crippen LogP contribution in [0.5, 0.6) is 0 Å². The normalized spacial score (nSPS) is 16.5. The highest BCUT2D eigenvalue weighted by Crippen LogP contribution is 2.34. The first-order valence-electron chi connectivity index (χ1n) is 10.1. The van der Waals surface area contributed by atoms with Crippen LogP contribution in [-0.4, -0.2) is 11.8 Å². The molecule has 3 aromatic rings. The summed E-state index contributed by atoms with van der Waals surface area (Å²) >= 11 is 1.57. The molecule has 2 aromatic carbocycles. The van der Waals surface area contributed by atoms with E-state index in [1.54, 1.807) is 17.4 Å². The fourth-order valence-electron chi connectivity index (χ4n) is 3.85. The van der Waals surface area contributed by atoms with Crippen molar-refractivity contribution in [2.45, 2.75) is 38.1 Å². The van der Waals surface area contributed by atoms with E-state index in [0.717, 1.165) is 23.3 Å². The molecule has 0 radical (unpaired) electrons. The molecule has 1 aliphatic rings. The molecule has 0 aliphatic carbocycles. The number of nitrogens with one attached hydrogen (secondary N) is 2. The van der Waals surface area contributed by atoms with Crippen LogP contribution >= 0.6 is 11.3 Å². The van der Waals surface area contributed by atoms with Gasteiger partial charge in [-0.3, -0.25) is 9.59 Å². The van der Waals surface area contributed by atoms with E-state index in [2.05, 4.69) is 29.7 Å². The number of aryl methyl sites for hydroxylation is 1. The predicted molar refractivity (Wildman–Crippen MR) is 117 cm³/mol. The van der Waals surface area contributed by atoms with E-state index < -0.39 is 11.7 Å². The van der Waals surface area contributed by atoms with Crippen molar-refractivity contribution in [2.24, 2.45) is 0 Å². The number of anilines is 1. The number of benzene rings is 2. The Kier molecular flexibility index (Phi) is 5.95. The SMILES string of the molecule is CCCc1ccc(C(NC(=O)C2CC(=O)Nc3cc(F)ccc32)c2cccs2)cc1. The van der Waals surface area contributed by atoms with Gasteiger partial charge in [-0.15, -0.1) is 11.3 Å². The van der Waals surface area contributed by atoms with Crippen LogP contribution in [0, 0.1) is 5.82 Å². The lowest BCUT2D eigenvalue weighted by molar-refractivity contribution is -0.126. The lowest BCUT2D eigenvalue weighted by atomic mass is 9.89. The van der Waals surface area contributed by atoms with Crippen molar-refractivity contribution in [1.82, 2.24) is 5.32 Å². The third-order valence-corrected chi connectivity index (χ3v) is 6.27. The smallest absolute Gasteiger partial charge is 0.228 e. The number of carbonyl (C=O) groups excluding carboxylic acids is 2. The molecule has 0 bridgehead atoms. The van der Waals surface area contributed by atoms with Crippen molar-refractivity contribution in [3.05, 3.63) is 87.4 Å². The maximum absolute atomic E-state index is 13.6. The second-order valence-electron chi connectivity index (χ2n) is 7.49. The van der Waals surface area contributed by atoms with Crippen LogP contribution < -0.4 is 10.6 Å². The monoisotopic (exact) mass is 422 g/mol. The van der Waals surface area contributed by atoms with Gasteiger partial charge >= 0.3 is 0 Å². The number of halogens is 1. The largest absolute Gasteiger partial charge is 0.344 e. The number of hydrogen-bond donors (Lipinski definition) is 2. The van der Waals surface area contributed by atoms with Crippen molar-refractivity contribution in [3.63, 3.8) is 0 Å². The first kappa shape index (κ1) is 20.3. The third-order valence-electron chi connectivity index (χ3n) is 5.34. The van der Waals surface area contributed by atoms with Crippen molar-refractivity contribution in [3.8, 4) is 0 Å². The van der Waals surface area contributed by atoms with E-state index >= 15 is 0 Å². The zero-order valence-corrected chi connectivity index (χ0v) is 17.5.